The fraction of sp³-hybridized carbons (Fsp3) is 0.562. The molecule has 104 valence electrons. The quantitative estimate of drug-likeness (QED) is 0.762. The van der Waals surface area contributed by atoms with Gasteiger partial charge < -0.3 is 4.90 Å². The van der Waals surface area contributed by atoms with Crippen LogP contribution in [-0.2, 0) is 0 Å². The topological polar surface area (TPSA) is 20.3 Å². The number of anilines is 1. The van der Waals surface area contributed by atoms with E-state index >= 15 is 0 Å². The van der Waals surface area contributed by atoms with Crippen LogP contribution in [0.4, 0.5) is 5.69 Å². The summed E-state index contributed by atoms with van der Waals surface area (Å²) in [5, 5.41) is 0. The van der Waals surface area contributed by atoms with E-state index in [-0.39, 0.29) is 5.78 Å². The summed E-state index contributed by atoms with van der Waals surface area (Å²) in [4.78, 5) is 14.1. The van der Waals surface area contributed by atoms with E-state index in [9.17, 15) is 4.79 Å². The normalized spacial score (nSPS) is 17.0. The van der Waals surface area contributed by atoms with Gasteiger partial charge in [0.05, 0.1) is 0 Å². The number of halogens is 1. The zero-order valence-electron chi connectivity index (χ0n) is 11.9. The highest BCUT2D eigenvalue weighted by Crippen LogP contribution is 2.31. The van der Waals surface area contributed by atoms with Crippen molar-refractivity contribution in [1.82, 2.24) is 0 Å². The number of piperidine rings is 1. The van der Waals surface area contributed by atoms with Gasteiger partial charge in [0.25, 0.3) is 0 Å². The molecule has 3 heteroatoms. The van der Waals surface area contributed by atoms with Gasteiger partial charge in [-0.3, -0.25) is 4.79 Å². The minimum Gasteiger partial charge on any atom is -0.371 e. The molecule has 1 aliphatic heterocycles. The van der Waals surface area contributed by atoms with Crippen LogP contribution >= 0.6 is 15.9 Å². The number of carbonyl (C=O) groups excluding carboxylic acids is 1. The van der Waals surface area contributed by atoms with Crippen LogP contribution < -0.4 is 4.90 Å². The summed E-state index contributed by atoms with van der Waals surface area (Å²) in [5.74, 6) is 1.73. The molecule has 0 aromatic heterocycles. The van der Waals surface area contributed by atoms with Crippen molar-refractivity contribution in [1.29, 1.82) is 0 Å². The fourth-order valence-electron chi connectivity index (χ4n) is 2.87. The molecular weight excluding hydrogens is 302 g/mol. The Morgan fingerprint density at radius 3 is 2.47 bits per heavy atom. The molecule has 1 aromatic carbocycles. The van der Waals surface area contributed by atoms with Gasteiger partial charge in [0.1, 0.15) is 0 Å². The largest absolute Gasteiger partial charge is 0.371 e. The summed E-state index contributed by atoms with van der Waals surface area (Å²) >= 11 is 3.51. The molecule has 0 radical (unpaired) electrons. The van der Waals surface area contributed by atoms with Crippen LogP contribution in [-0.4, -0.2) is 18.9 Å². The van der Waals surface area contributed by atoms with Crippen LogP contribution in [0.15, 0.2) is 22.7 Å². The Kier molecular flexibility index (Phi) is 4.67. The molecule has 2 nitrogen and oxygen atoms in total. The third kappa shape index (κ3) is 3.38. The van der Waals surface area contributed by atoms with Gasteiger partial charge >= 0.3 is 0 Å². The van der Waals surface area contributed by atoms with Crippen LogP contribution in [0.3, 0.4) is 0 Å². The highest BCUT2D eigenvalue weighted by Gasteiger charge is 2.23. The number of hydrogen-bond acceptors (Lipinski definition) is 2. The van der Waals surface area contributed by atoms with Crippen molar-refractivity contribution in [2.45, 2.75) is 33.6 Å². The van der Waals surface area contributed by atoms with Gasteiger partial charge in [0.2, 0.25) is 0 Å². The van der Waals surface area contributed by atoms with E-state index in [1.54, 1.807) is 6.92 Å². The second-order valence-corrected chi connectivity index (χ2v) is 6.70. The molecule has 0 spiro atoms. The maximum atomic E-state index is 11.8. The maximum absolute atomic E-state index is 11.8. The van der Waals surface area contributed by atoms with E-state index in [1.165, 1.54) is 12.8 Å². The summed E-state index contributed by atoms with van der Waals surface area (Å²) in [6.07, 6.45) is 2.45. The molecule has 0 aliphatic carbocycles. The zero-order chi connectivity index (χ0) is 14.0. The van der Waals surface area contributed by atoms with Gasteiger partial charge in [-0.05, 0) is 49.8 Å². The number of hydrogen-bond donors (Lipinski definition) is 0. The summed E-state index contributed by atoms with van der Waals surface area (Å²) in [6.45, 7) is 8.37. The lowest BCUT2D eigenvalue weighted by molar-refractivity contribution is 0.101. The first-order valence-electron chi connectivity index (χ1n) is 7.04. The van der Waals surface area contributed by atoms with Gasteiger partial charge in [0, 0.05) is 28.8 Å². The lowest BCUT2D eigenvalue weighted by Gasteiger charge is -2.36. The molecule has 1 aromatic rings. The smallest absolute Gasteiger partial charge is 0.161 e. The molecule has 0 N–H and O–H groups in total. The second-order valence-electron chi connectivity index (χ2n) is 5.79. The van der Waals surface area contributed by atoms with Gasteiger partial charge in [-0.25, -0.2) is 0 Å². The Morgan fingerprint density at radius 2 is 1.95 bits per heavy atom. The Morgan fingerprint density at radius 1 is 1.32 bits per heavy atom. The van der Waals surface area contributed by atoms with Gasteiger partial charge in [0.15, 0.2) is 5.78 Å². The Labute approximate surface area is 124 Å². The number of Topliss-reactive ketones (excluding diaryl/α,β-unsaturated/α-hetero) is 1. The minimum atomic E-state index is 0.147. The first-order chi connectivity index (χ1) is 8.99. The van der Waals surface area contributed by atoms with Crippen molar-refractivity contribution in [2.24, 2.45) is 11.8 Å². The minimum absolute atomic E-state index is 0.147. The molecule has 0 saturated carbocycles. The standard InChI is InChI=1S/C16H22BrNO/c1-11(2)13-6-8-18(9-7-13)16-10-14(17)4-5-15(16)12(3)19/h4-5,10-11,13H,6-9H2,1-3H3. The molecule has 0 unspecified atom stereocenters. The van der Waals surface area contributed by atoms with E-state index < -0.39 is 0 Å². The SMILES string of the molecule is CC(=O)c1ccc(Br)cc1N1CCC(C(C)C)CC1. The van der Waals surface area contributed by atoms with Crippen molar-refractivity contribution in [3.8, 4) is 0 Å². The van der Waals surface area contributed by atoms with E-state index in [0.29, 0.717) is 0 Å². The molecule has 1 heterocycles. The average molecular weight is 324 g/mol. The fourth-order valence-corrected chi connectivity index (χ4v) is 3.22. The first-order valence-corrected chi connectivity index (χ1v) is 7.83. The van der Waals surface area contributed by atoms with Gasteiger partial charge in [-0.15, -0.1) is 0 Å². The van der Waals surface area contributed by atoms with E-state index in [1.807, 2.05) is 12.1 Å². The molecule has 1 aliphatic rings. The molecule has 0 amide bonds. The molecule has 2 rings (SSSR count). The Balaban J connectivity index is 2.19. The van der Waals surface area contributed by atoms with Crippen molar-refractivity contribution < 1.29 is 4.79 Å². The number of benzene rings is 1. The number of carbonyl (C=O) groups is 1. The van der Waals surface area contributed by atoms with E-state index in [0.717, 1.165) is 40.6 Å². The Hall–Kier alpha value is -0.830. The Bertz CT molecular complexity index is 462. The third-order valence-corrected chi connectivity index (χ3v) is 4.66. The third-order valence-electron chi connectivity index (χ3n) is 4.16. The molecule has 19 heavy (non-hydrogen) atoms. The number of nitrogens with zero attached hydrogens (tertiary/aromatic N) is 1. The first kappa shape index (κ1) is 14.6. The summed E-state index contributed by atoms with van der Waals surface area (Å²) < 4.78 is 1.04. The molecule has 0 atom stereocenters. The van der Waals surface area contributed by atoms with Crippen LogP contribution in [0.1, 0.15) is 44.0 Å². The molecule has 0 bridgehead atoms. The van der Waals surface area contributed by atoms with Crippen molar-refractivity contribution >= 4 is 27.4 Å². The molecule has 1 saturated heterocycles. The zero-order valence-corrected chi connectivity index (χ0v) is 13.5. The summed E-state index contributed by atoms with van der Waals surface area (Å²) in [7, 11) is 0. The van der Waals surface area contributed by atoms with Gasteiger partial charge in [-0.2, -0.15) is 0 Å². The predicted molar refractivity (Wildman–Crippen MR) is 83.9 cm³/mol. The average Bonchev–Trinajstić information content (AvgIpc) is 2.38. The monoisotopic (exact) mass is 323 g/mol. The van der Waals surface area contributed by atoms with Crippen LogP contribution in [0, 0.1) is 11.8 Å². The molecular formula is C16H22BrNO. The van der Waals surface area contributed by atoms with E-state index in [4.69, 9.17) is 0 Å². The highest BCUT2D eigenvalue weighted by molar-refractivity contribution is 9.10. The lowest BCUT2D eigenvalue weighted by Crippen LogP contribution is -2.36. The van der Waals surface area contributed by atoms with Crippen LogP contribution in [0.2, 0.25) is 0 Å². The second kappa shape index (κ2) is 6.08. The number of ketones is 1. The molecule has 1 fully saturated rings. The van der Waals surface area contributed by atoms with Crippen molar-refractivity contribution in [3.05, 3.63) is 28.2 Å². The number of rotatable bonds is 3. The predicted octanol–water partition coefficient (Wildman–Crippen LogP) is 4.52. The van der Waals surface area contributed by atoms with Crippen molar-refractivity contribution in [3.63, 3.8) is 0 Å². The highest BCUT2D eigenvalue weighted by atomic mass is 79.9. The summed E-state index contributed by atoms with van der Waals surface area (Å²) in [6, 6.07) is 5.95. The maximum Gasteiger partial charge on any atom is 0.161 e. The van der Waals surface area contributed by atoms with E-state index in [2.05, 4.69) is 40.7 Å². The van der Waals surface area contributed by atoms with Crippen LogP contribution in [0.25, 0.3) is 0 Å². The summed E-state index contributed by atoms with van der Waals surface area (Å²) in [5.41, 5.74) is 1.93. The van der Waals surface area contributed by atoms with Gasteiger partial charge in [-0.1, -0.05) is 29.8 Å². The van der Waals surface area contributed by atoms with Crippen LogP contribution in [0.5, 0.6) is 0 Å². The lowest BCUT2D eigenvalue weighted by atomic mass is 9.86. The van der Waals surface area contributed by atoms with Crippen molar-refractivity contribution in [2.75, 3.05) is 18.0 Å².